The zero-order valence-corrected chi connectivity index (χ0v) is 11.0. The summed E-state index contributed by atoms with van der Waals surface area (Å²) >= 11 is 1.23. The van der Waals surface area contributed by atoms with Gasteiger partial charge in [-0.05, 0) is 17.1 Å². The number of ether oxygens (including phenoxy) is 1. The molecule has 21 heavy (non-hydrogen) atoms. The second-order valence-corrected chi connectivity index (χ2v) is 4.78. The molecule has 0 saturated carbocycles. The SMILES string of the molecule is O=[N+]([O-])c1ccc(Oc2nc3sccn3c2[N+](=O)[O-])cc1. The van der Waals surface area contributed by atoms with E-state index in [9.17, 15) is 20.2 Å². The summed E-state index contributed by atoms with van der Waals surface area (Å²) in [5, 5.41) is 23.3. The fourth-order valence-electron chi connectivity index (χ4n) is 1.74. The molecular formula is C11H6N4O5S. The molecule has 0 spiro atoms. The Balaban J connectivity index is 1.97. The molecule has 0 amide bonds. The maximum atomic E-state index is 11.1. The number of hydrogen-bond donors (Lipinski definition) is 0. The molecule has 0 saturated heterocycles. The molecule has 9 nitrogen and oxygen atoms in total. The fourth-order valence-corrected chi connectivity index (χ4v) is 2.44. The fraction of sp³-hybridized carbons (Fsp3) is 0. The second-order valence-electron chi connectivity index (χ2n) is 3.91. The number of nitro groups is 2. The van der Waals surface area contributed by atoms with Crippen LogP contribution in [0.1, 0.15) is 0 Å². The van der Waals surface area contributed by atoms with Crippen LogP contribution in [0.15, 0.2) is 35.8 Å². The molecular weight excluding hydrogens is 300 g/mol. The zero-order valence-electron chi connectivity index (χ0n) is 10.2. The van der Waals surface area contributed by atoms with Crippen LogP contribution in [0.2, 0.25) is 0 Å². The Morgan fingerprint density at radius 1 is 1.14 bits per heavy atom. The monoisotopic (exact) mass is 306 g/mol. The van der Waals surface area contributed by atoms with Crippen LogP contribution in [0.3, 0.4) is 0 Å². The van der Waals surface area contributed by atoms with E-state index in [4.69, 9.17) is 4.74 Å². The normalized spacial score (nSPS) is 10.7. The summed E-state index contributed by atoms with van der Waals surface area (Å²) in [5.41, 5.74) is -0.0947. The first-order valence-electron chi connectivity index (χ1n) is 5.58. The van der Waals surface area contributed by atoms with E-state index >= 15 is 0 Å². The van der Waals surface area contributed by atoms with Gasteiger partial charge in [-0.15, -0.1) is 0 Å². The van der Waals surface area contributed by atoms with Crippen molar-refractivity contribution in [3.05, 3.63) is 56.1 Å². The standard InChI is InChI=1S/C11H6N4O5S/c16-14(17)7-1-3-8(4-2-7)20-9-10(15(18)19)13-5-6-21-11(13)12-9/h1-6H. The second kappa shape index (κ2) is 4.83. The molecule has 0 aliphatic heterocycles. The number of nitro benzene ring substituents is 1. The molecule has 3 aromatic rings. The van der Waals surface area contributed by atoms with Crippen molar-refractivity contribution in [2.75, 3.05) is 0 Å². The summed E-state index contributed by atoms with van der Waals surface area (Å²) in [5.74, 6) is -0.209. The third-order valence-electron chi connectivity index (χ3n) is 2.64. The Morgan fingerprint density at radius 2 is 1.86 bits per heavy atom. The van der Waals surface area contributed by atoms with Gasteiger partial charge in [0.25, 0.3) is 10.6 Å². The van der Waals surface area contributed by atoms with Gasteiger partial charge in [0.1, 0.15) is 11.9 Å². The number of nitrogens with zero attached hydrogens (tertiary/aromatic N) is 4. The highest BCUT2D eigenvalue weighted by Crippen LogP contribution is 2.33. The van der Waals surface area contributed by atoms with E-state index in [-0.39, 0.29) is 23.1 Å². The number of fused-ring (bicyclic) bond motifs is 1. The van der Waals surface area contributed by atoms with Crippen molar-refractivity contribution in [2.45, 2.75) is 0 Å². The van der Waals surface area contributed by atoms with Crippen molar-refractivity contribution in [1.82, 2.24) is 9.38 Å². The van der Waals surface area contributed by atoms with E-state index in [1.165, 1.54) is 46.2 Å². The van der Waals surface area contributed by atoms with Crippen molar-refractivity contribution in [2.24, 2.45) is 0 Å². The molecule has 0 unspecified atom stereocenters. The quantitative estimate of drug-likeness (QED) is 0.540. The van der Waals surface area contributed by atoms with Crippen LogP contribution in [0.5, 0.6) is 11.6 Å². The number of non-ortho nitro benzene ring substituents is 1. The first kappa shape index (κ1) is 13.0. The van der Waals surface area contributed by atoms with Gasteiger partial charge in [0.2, 0.25) is 0 Å². The first-order chi connectivity index (χ1) is 10.1. The maximum absolute atomic E-state index is 11.1. The molecule has 0 aliphatic rings. The van der Waals surface area contributed by atoms with Crippen molar-refractivity contribution < 1.29 is 14.6 Å². The van der Waals surface area contributed by atoms with Gasteiger partial charge in [-0.25, -0.2) is 0 Å². The van der Waals surface area contributed by atoms with Crippen LogP contribution >= 0.6 is 11.3 Å². The summed E-state index contributed by atoms with van der Waals surface area (Å²) in [7, 11) is 0. The molecule has 0 radical (unpaired) electrons. The van der Waals surface area contributed by atoms with Gasteiger partial charge in [0.15, 0.2) is 0 Å². The van der Waals surface area contributed by atoms with Crippen molar-refractivity contribution in [1.29, 1.82) is 0 Å². The van der Waals surface area contributed by atoms with Gasteiger partial charge < -0.3 is 14.9 Å². The Hall–Kier alpha value is -3.01. The Kier molecular flexibility index (Phi) is 2.99. The average Bonchev–Trinajstić information content (AvgIpc) is 2.98. The summed E-state index contributed by atoms with van der Waals surface area (Å²) in [4.78, 5) is 25.0. The molecule has 10 heteroatoms. The van der Waals surface area contributed by atoms with Gasteiger partial charge in [0.05, 0.1) is 4.92 Å². The maximum Gasteiger partial charge on any atom is 0.393 e. The number of rotatable bonds is 4. The largest absolute Gasteiger partial charge is 0.432 e. The summed E-state index contributed by atoms with van der Waals surface area (Å²) in [6, 6.07) is 5.21. The molecule has 0 bridgehead atoms. The molecule has 3 rings (SSSR count). The van der Waals surface area contributed by atoms with Crippen LogP contribution in [-0.2, 0) is 0 Å². The van der Waals surface area contributed by atoms with Crippen LogP contribution in [0.25, 0.3) is 4.96 Å². The van der Waals surface area contributed by atoms with E-state index in [1.54, 1.807) is 5.38 Å². The van der Waals surface area contributed by atoms with Gasteiger partial charge in [-0.2, -0.15) is 9.38 Å². The average molecular weight is 306 g/mol. The molecule has 0 fully saturated rings. The third kappa shape index (κ3) is 2.27. The minimum Gasteiger partial charge on any atom is -0.432 e. The lowest BCUT2D eigenvalue weighted by atomic mass is 10.3. The topological polar surface area (TPSA) is 113 Å². The highest BCUT2D eigenvalue weighted by Gasteiger charge is 2.25. The minimum absolute atomic E-state index is 0.0947. The summed E-state index contributed by atoms with van der Waals surface area (Å²) < 4.78 is 6.67. The molecule has 1 aromatic carbocycles. The smallest absolute Gasteiger partial charge is 0.393 e. The lowest BCUT2D eigenvalue weighted by Crippen LogP contribution is -1.95. The Bertz CT molecular complexity index is 838. The van der Waals surface area contributed by atoms with Gasteiger partial charge >= 0.3 is 11.7 Å². The lowest BCUT2D eigenvalue weighted by Gasteiger charge is -2.01. The van der Waals surface area contributed by atoms with Crippen LogP contribution < -0.4 is 4.74 Å². The van der Waals surface area contributed by atoms with Crippen LogP contribution in [0.4, 0.5) is 11.5 Å². The molecule has 106 valence electrons. The molecule has 0 N–H and O–H groups in total. The Morgan fingerprint density at radius 3 is 2.48 bits per heavy atom. The van der Waals surface area contributed by atoms with Crippen LogP contribution in [0, 0.1) is 20.2 Å². The molecule has 2 aromatic heterocycles. The van der Waals surface area contributed by atoms with E-state index < -0.39 is 9.85 Å². The third-order valence-corrected chi connectivity index (χ3v) is 3.40. The highest BCUT2D eigenvalue weighted by molar-refractivity contribution is 7.15. The number of hydrogen-bond acceptors (Lipinski definition) is 7. The van der Waals surface area contributed by atoms with Crippen molar-refractivity contribution >= 4 is 27.8 Å². The van der Waals surface area contributed by atoms with E-state index in [0.717, 1.165) is 0 Å². The Labute approximate surface area is 120 Å². The predicted octanol–water partition coefficient (Wildman–Crippen LogP) is 3.00. The predicted molar refractivity (Wildman–Crippen MR) is 72.9 cm³/mol. The van der Waals surface area contributed by atoms with Gasteiger partial charge in [-0.3, -0.25) is 10.1 Å². The van der Waals surface area contributed by atoms with Crippen LogP contribution in [-0.4, -0.2) is 19.2 Å². The van der Waals surface area contributed by atoms with E-state index in [1.807, 2.05) is 0 Å². The lowest BCUT2D eigenvalue weighted by molar-refractivity contribution is -0.391. The molecule has 2 heterocycles. The van der Waals surface area contributed by atoms with Gasteiger partial charge in [0, 0.05) is 17.5 Å². The number of thiazole rings is 1. The van der Waals surface area contributed by atoms with Gasteiger partial charge in [-0.1, -0.05) is 11.3 Å². The minimum atomic E-state index is -0.590. The number of imidazole rings is 1. The molecule has 0 aliphatic carbocycles. The first-order valence-corrected chi connectivity index (χ1v) is 6.46. The highest BCUT2D eigenvalue weighted by atomic mass is 32.1. The summed E-state index contributed by atoms with van der Waals surface area (Å²) in [6.45, 7) is 0. The van der Waals surface area contributed by atoms with E-state index in [2.05, 4.69) is 4.98 Å². The van der Waals surface area contributed by atoms with E-state index in [0.29, 0.717) is 4.96 Å². The van der Waals surface area contributed by atoms with Crippen molar-refractivity contribution in [3.8, 4) is 11.6 Å². The number of benzene rings is 1. The summed E-state index contributed by atoms with van der Waals surface area (Å²) in [6.07, 6.45) is 1.52. The van der Waals surface area contributed by atoms with Crippen molar-refractivity contribution in [3.63, 3.8) is 0 Å². The molecule has 0 atom stereocenters. The zero-order chi connectivity index (χ0) is 15.0. The number of aromatic nitrogens is 2.